The van der Waals surface area contributed by atoms with Gasteiger partial charge in [0.25, 0.3) is 5.91 Å². The molecule has 0 unspecified atom stereocenters. The van der Waals surface area contributed by atoms with Crippen molar-refractivity contribution in [3.05, 3.63) is 65.0 Å². The lowest BCUT2D eigenvalue weighted by molar-refractivity contribution is -0.134. The van der Waals surface area contributed by atoms with Crippen LogP contribution in [-0.4, -0.2) is 55.3 Å². The average molecular weight is 412 g/mol. The minimum Gasteiger partial charge on any atom is -0.452 e. The standard InChI is InChI=1S/C23H25FN2O4/c1-3-17-4-6-18(7-5-17)23(29)30-15-22(28)26-12-10-25(11-13-26)21-9-8-19(16(2)27)14-20(21)24/h4-9,14H,3,10-13,15H2,1-2H3. The minimum absolute atomic E-state index is 0.188. The van der Waals surface area contributed by atoms with E-state index in [0.717, 1.165) is 12.0 Å². The number of esters is 1. The second-order valence-corrected chi connectivity index (χ2v) is 7.22. The molecule has 3 rings (SSSR count). The van der Waals surface area contributed by atoms with Gasteiger partial charge >= 0.3 is 5.97 Å². The van der Waals surface area contributed by atoms with Gasteiger partial charge in [0.1, 0.15) is 5.82 Å². The smallest absolute Gasteiger partial charge is 0.338 e. The van der Waals surface area contributed by atoms with Crippen LogP contribution in [0.4, 0.5) is 10.1 Å². The van der Waals surface area contributed by atoms with Crippen LogP contribution in [0.1, 0.15) is 40.1 Å². The third kappa shape index (κ3) is 5.03. The summed E-state index contributed by atoms with van der Waals surface area (Å²) in [6.07, 6.45) is 0.880. The molecular formula is C23H25FN2O4. The first-order chi connectivity index (χ1) is 14.4. The number of ketones is 1. The van der Waals surface area contributed by atoms with Gasteiger partial charge in [-0.1, -0.05) is 19.1 Å². The summed E-state index contributed by atoms with van der Waals surface area (Å²) in [6.45, 7) is 4.80. The van der Waals surface area contributed by atoms with Gasteiger partial charge in [0, 0.05) is 31.7 Å². The van der Waals surface area contributed by atoms with Gasteiger partial charge in [0.05, 0.1) is 11.3 Å². The van der Waals surface area contributed by atoms with Crippen LogP contribution in [0, 0.1) is 5.82 Å². The van der Waals surface area contributed by atoms with E-state index in [1.54, 1.807) is 29.2 Å². The van der Waals surface area contributed by atoms with Crippen LogP contribution in [0.5, 0.6) is 0 Å². The number of ether oxygens (including phenoxy) is 1. The monoisotopic (exact) mass is 412 g/mol. The summed E-state index contributed by atoms with van der Waals surface area (Å²) in [6, 6.07) is 11.5. The highest BCUT2D eigenvalue weighted by Gasteiger charge is 2.24. The molecule has 30 heavy (non-hydrogen) atoms. The summed E-state index contributed by atoms with van der Waals surface area (Å²) >= 11 is 0. The molecule has 0 bridgehead atoms. The van der Waals surface area contributed by atoms with Crippen molar-refractivity contribution < 1.29 is 23.5 Å². The van der Waals surface area contributed by atoms with E-state index in [-0.39, 0.29) is 18.3 Å². The molecule has 0 aromatic heterocycles. The highest BCUT2D eigenvalue weighted by molar-refractivity contribution is 5.94. The Morgan fingerprint density at radius 3 is 2.17 bits per heavy atom. The lowest BCUT2D eigenvalue weighted by atomic mass is 10.1. The summed E-state index contributed by atoms with van der Waals surface area (Å²) in [7, 11) is 0. The van der Waals surface area contributed by atoms with E-state index in [1.165, 1.54) is 13.0 Å². The fourth-order valence-corrected chi connectivity index (χ4v) is 3.36. The van der Waals surface area contributed by atoms with Crippen molar-refractivity contribution in [2.75, 3.05) is 37.7 Å². The number of carbonyl (C=O) groups excluding carboxylic acids is 3. The molecule has 7 heteroatoms. The average Bonchev–Trinajstić information content (AvgIpc) is 2.77. The van der Waals surface area contributed by atoms with E-state index < -0.39 is 11.8 Å². The van der Waals surface area contributed by atoms with E-state index in [9.17, 15) is 18.8 Å². The number of piperazine rings is 1. The fourth-order valence-electron chi connectivity index (χ4n) is 3.36. The fraction of sp³-hybridized carbons (Fsp3) is 0.348. The molecule has 0 aliphatic carbocycles. The molecule has 1 heterocycles. The molecule has 1 aliphatic rings. The lowest BCUT2D eigenvalue weighted by Crippen LogP contribution is -2.50. The predicted octanol–water partition coefficient (Wildman–Crippen LogP) is 3.10. The summed E-state index contributed by atoms with van der Waals surface area (Å²) in [4.78, 5) is 39.3. The minimum atomic E-state index is -0.530. The maximum atomic E-state index is 14.3. The van der Waals surface area contributed by atoms with Crippen LogP contribution in [0.2, 0.25) is 0 Å². The van der Waals surface area contributed by atoms with Crippen molar-refractivity contribution >= 4 is 23.3 Å². The molecule has 0 spiro atoms. The SMILES string of the molecule is CCc1ccc(C(=O)OCC(=O)N2CCN(c3ccc(C(C)=O)cc3F)CC2)cc1. The van der Waals surface area contributed by atoms with E-state index in [1.807, 2.05) is 24.0 Å². The Balaban J connectivity index is 1.50. The first kappa shape index (κ1) is 21.5. The molecular weight excluding hydrogens is 387 g/mol. The third-order valence-corrected chi connectivity index (χ3v) is 5.25. The van der Waals surface area contributed by atoms with Gasteiger partial charge in [-0.3, -0.25) is 9.59 Å². The van der Waals surface area contributed by atoms with Gasteiger partial charge in [0.2, 0.25) is 0 Å². The van der Waals surface area contributed by atoms with Crippen LogP contribution >= 0.6 is 0 Å². The first-order valence-electron chi connectivity index (χ1n) is 9.98. The quantitative estimate of drug-likeness (QED) is 0.539. The summed E-state index contributed by atoms with van der Waals surface area (Å²) in [5.74, 6) is -1.45. The second kappa shape index (κ2) is 9.52. The zero-order valence-corrected chi connectivity index (χ0v) is 17.2. The van der Waals surface area contributed by atoms with E-state index in [4.69, 9.17) is 4.74 Å². The lowest BCUT2D eigenvalue weighted by Gasteiger charge is -2.36. The molecule has 1 fully saturated rings. The van der Waals surface area contributed by atoms with Crippen molar-refractivity contribution in [2.45, 2.75) is 20.3 Å². The molecule has 2 aromatic rings. The zero-order chi connectivity index (χ0) is 21.7. The van der Waals surface area contributed by atoms with Crippen LogP contribution in [0.25, 0.3) is 0 Å². The number of hydrogen-bond acceptors (Lipinski definition) is 5. The summed E-state index contributed by atoms with van der Waals surface area (Å²) in [5, 5.41) is 0. The molecule has 0 N–H and O–H groups in total. The number of rotatable bonds is 6. The summed E-state index contributed by atoms with van der Waals surface area (Å²) < 4.78 is 19.5. The zero-order valence-electron chi connectivity index (χ0n) is 17.2. The largest absolute Gasteiger partial charge is 0.452 e. The van der Waals surface area contributed by atoms with Crippen molar-refractivity contribution in [1.29, 1.82) is 0 Å². The van der Waals surface area contributed by atoms with Crippen molar-refractivity contribution in [3.8, 4) is 0 Å². The number of amides is 1. The Kier molecular flexibility index (Phi) is 6.82. The molecule has 0 radical (unpaired) electrons. The summed E-state index contributed by atoms with van der Waals surface area (Å²) in [5.41, 5.74) is 2.27. The predicted molar refractivity (Wildman–Crippen MR) is 111 cm³/mol. The maximum absolute atomic E-state index is 14.3. The second-order valence-electron chi connectivity index (χ2n) is 7.22. The number of Topliss-reactive ketones (excluding diaryl/α,β-unsaturated/α-hetero) is 1. The maximum Gasteiger partial charge on any atom is 0.338 e. The third-order valence-electron chi connectivity index (χ3n) is 5.25. The van der Waals surface area contributed by atoms with E-state index in [0.29, 0.717) is 43.0 Å². The number of nitrogens with zero attached hydrogens (tertiary/aromatic N) is 2. The molecule has 1 aliphatic heterocycles. The number of aryl methyl sites for hydroxylation is 1. The molecule has 0 atom stereocenters. The van der Waals surface area contributed by atoms with Crippen LogP contribution in [-0.2, 0) is 16.0 Å². The van der Waals surface area contributed by atoms with Gasteiger partial charge in [-0.15, -0.1) is 0 Å². The van der Waals surface area contributed by atoms with Gasteiger partial charge in [-0.2, -0.15) is 0 Å². The molecule has 1 saturated heterocycles. The van der Waals surface area contributed by atoms with Crippen molar-refractivity contribution in [2.24, 2.45) is 0 Å². The Morgan fingerprint density at radius 2 is 1.60 bits per heavy atom. The van der Waals surface area contributed by atoms with Gasteiger partial charge in [0.15, 0.2) is 12.4 Å². The Bertz CT molecular complexity index is 935. The van der Waals surface area contributed by atoms with Gasteiger partial charge < -0.3 is 14.5 Å². The Labute approximate surface area is 175 Å². The first-order valence-corrected chi connectivity index (χ1v) is 9.98. The molecule has 1 amide bonds. The van der Waals surface area contributed by atoms with Crippen molar-refractivity contribution in [1.82, 2.24) is 4.90 Å². The number of halogens is 1. The van der Waals surface area contributed by atoms with Crippen LogP contribution in [0.15, 0.2) is 42.5 Å². The highest BCUT2D eigenvalue weighted by Crippen LogP contribution is 2.22. The van der Waals surface area contributed by atoms with Gasteiger partial charge in [-0.25, -0.2) is 9.18 Å². The number of anilines is 1. The number of benzene rings is 2. The number of carbonyl (C=O) groups is 3. The van der Waals surface area contributed by atoms with Gasteiger partial charge in [-0.05, 0) is 49.2 Å². The molecule has 2 aromatic carbocycles. The normalized spacial score (nSPS) is 13.8. The number of hydrogen-bond donors (Lipinski definition) is 0. The van der Waals surface area contributed by atoms with Crippen LogP contribution in [0.3, 0.4) is 0 Å². The molecule has 0 saturated carbocycles. The topological polar surface area (TPSA) is 66.9 Å². The van der Waals surface area contributed by atoms with E-state index >= 15 is 0 Å². The van der Waals surface area contributed by atoms with Crippen LogP contribution < -0.4 is 4.90 Å². The Hall–Kier alpha value is -3.22. The molecule has 158 valence electrons. The van der Waals surface area contributed by atoms with Crippen molar-refractivity contribution in [3.63, 3.8) is 0 Å². The Morgan fingerprint density at radius 1 is 0.967 bits per heavy atom. The molecule has 6 nitrogen and oxygen atoms in total. The van der Waals surface area contributed by atoms with E-state index in [2.05, 4.69) is 0 Å². The highest BCUT2D eigenvalue weighted by atomic mass is 19.1.